The first-order valence-corrected chi connectivity index (χ1v) is 13.3. The predicted molar refractivity (Wildman–Crippen MR) is 136 cm³/mol. The molecule has 0 aliphatic carbocycles. The summed E-state index contributed by atoms with van der Waals surface area (Å²) in [6.45, 7) is 3.83. The molecule has 1 aromatic heterocycles. The Labute approximate surface area is 204 Å². The highest BCUT2D eigenvalue weighted by Crippen LogP contribution is 2.27. The van der Waals surface area contributed by atoms with Gasteiger partial charge < -0.3 is 15.4 Å². The smallest absolute Gasteiger partial charge is 0.229 e. The number of para-hydroxylation sites is 2. The number of halogens is 1. The van der Waals surface area contributed by atoms with Crippen LogP contribution in [0.15, 0.2) is 54.7 Å². The molecule has 0 bridgehead atoms. The average Bonchev–Trinajstić information content (AvgIpc) is 2.83. The van der Waals surface area contributed by atoms with Crippen molar-refractivity contribution in [2.45, 2.75) is 19.3 Å². The molecule has 0 saturated carbocycles. The molecule has 0 amide bonds. The van der Waals surface area contributed by atoms with Crippen LogP contribution >= 0.6 is 0 Å². The van der Waals surface area contributed by atoms with Gasteiger partial charge in [-0.25, -0.2) is 17.8 Å². The first-order chi connectivity index (χ1) is 16.9. The van der Waals surface area contributed by atoms with Crippen molar-refractivity contribution in [3.8, 4) is 5.75 Å². The van der Waals surface area contributed by atoms with E-state index in [1.165, 1.54) is 19.3 Å². The Morgan fingerprint density at radius 3 is 2.43 bits per heavy atom. The summed E-state index contributed by atoms with van der Waals surface area (Å²) in [5.74, 6) is 0.177. The highest BCUT2D eigenvalue weighted by Gasteiger charge is 2.13. The summed E-state index contributed by atoms with van der Waals surface area (Å²) in [7, 11) is -3.51. The minimum absolute atomic E-state index is 0.0945. The quantitative estimate of drug-likeness (QED) is 0.377. The molecular formula is C24H29FN6O3S. The molecule has 1 fully saturated rings. The lowest BCUT2D eigenvalue weighted by molar-refractivity contribution is 0.183. The number of piperidine rings is 1. The highest BCUT2D eigenvalue weighted by molar-refractivity contribution is 7.92. The van der Waals surface area contributed by atoms with Gasteiger partial charge in [0.25, 0.3) is 0 Å². The van der Waals surface area contributed by atoms with Crippen molar-refractivity contribution in [2.75, 3.05) is 47.9 Å². The van der Waals surface area contributed by atoms with Crippen molar-refractivity contribution in [2.24, 2.45) is 0 Å². The Morgan fingerprint density at radius 2 is 1.71 bits per heavy atom. The molecule has 3 aromatic rings. The van der Waals surface area contributed by atoms with Gasteiger partial charge in [0.15, 0.2) is 11.6 Å². The van der Waals surface area contributed by atoms with E-state index in [1.807, 2.05) is 24.3 Å². The first-order valence-electron chi connectivity index (χ1n) is 11.4. The number of anilines is 5. The Kier molecular flexibility index (Phi) is 7.98. The zero-order chi connectivity index (χ0) is 24.7. The third kappa shape index (κ3) is 7.52. The van der Waals surface area contributed by atoms with E-state index in [4.69, 9.17) is 4.74 Å². The Bertz CT molecular complexity index is 1230. The van der Waals surface area contributed by atoms with E-state index < -0.39 is 15.8 Å². The number of nitrogens with zero attached hydrogens (tertiary/aromatic N) is 3. The van der Waals surface area contributed by atoms with Crippen molar-refractivity contribution >= 4 is 38.9 Å². The van der Waals surface area contributed by atoms with E-state index in [2.05, 4.69) is 30.2 Å². The number of likely N-dealkylation sites (tertiary alicyclic amines) is 1. The van der Waals surface area contributed by atoms with Crippen molar-refractivity contribution in [3.05, 3.63) is 60.5 Å². The molecule has 2 heterocycles. The number of hydrogen-bond acceptors (Lipinski definition) is 8. The monoisotopic (exact) mass is 500 g/mol. The van der Waals surface area contributed by atoms with Crippen LogP contribution in [0.1, 0.15) is 19.3 Å². The predicted octanol–water partition coefficient (Wildman–Crippen LogP) is 4.34. The van der Waals surface area contributed by atoms with E-state index in [9.17, 15) is 12.8 Å². The standard InChI is InChI=1S/C24H29FN6O3S/c1-35(32,33)30-22-8-4-3-7-21(22)28-23-20(25)17-26-24(29-23)27-18-9-11-19(12-10-18)34-16-15-31-13-5-2-6-14-31/h3-4,7-12,17,30H,2,5-6,13-16H2,1H3,(H2,26,27,28,29). The van der Waals surface area contributed by atoms with Crippen LogP contribution in [0.25, 0.3) is 0 Å². The summed E-state index contributed by atoms with van der Waals surface area (Å²) in [4.78, 5) is 10.6. The van der Waals surface area contributed by atoms with E-state index in [0.717, 1.165) is 37.8 Å². The molecule has 35 heavy (non-hydrogen) atoms. The minimum atomic E-state index is -3.51. The van der Waals surface area contributed by atoms with Crippen molar-refractivity contribution in [1.29, 1.82) is 0 Å². The van der Waals surface area contributed by atoms with Crippen LogP contribution in [0.5, 0.6) is 5.75 Å². The number of sulfonamides is 1. The number of ether oxygens (including phenoxy) is 1. The van der Waals surface area contributed by atoms with Crippen LogP contribution < -0.4 is 20.1 Å². The average molecular weight is 501 g/mol. The summed E-state index contributed by atoms with van der Waals surface area (Å²) >= 11 is 0. The van der Waals surface area contributed by atoms with Crippen molar-refractivity contribution in [3.63, 3.8) is 0 Å². The molecule has 0 unspecified atom stereocenters. The van der Waals surface area contributed by atoms with Gasteiger partial charge in [-0.15, -0.1) is 0 Å². The first kappa shape index (κ1) is 24.7. The maximum absolute atomic E-state index is 14.4. The van der Waals surface area contributed by atoms with E-state index >= 15 is 0 Å². The lowest BCUT2D eigenvalue weighted by Gasteiger charge is -2.26. The second-order valence-corrected chi connectivity index (χ2v) is 10.1. The summed E-state index contributed by atoms with van der Waals surface area (Å²) < 4.78 is 45.9. The van der Waals surface area contributed by atoms with Gasteiger partial charge in [0.2, 0.25) is 16.0 Å². The summed E-state index contributed by atoms with van der Waals surface area (Å²) in [5, 5.41) is 5.87. The van der Waals surface area contributed by atoms with Crippen LogP contribution in [0.4, 0.5) is 33.2 Å². The molecule has 2 aromatic carbocycles. The van der Waals surface area contributed by atoms with Gasteiger partial charge in [0.1, 0.15) is 12.4 Å². The van der Waals surface area contributed by atoms with E-state index in [1.54, 1.807) is 24.3 Å². The van der Waals surface area contributed by atoms with Gasteiger partial charge in [-0.3, -0.25) is 9.62 Å². The molecule has 1 aliphatic heterocycles. The van der Waals surface area contributed by atoms with Crippen LogP contribution in [0.2, 0.25) is 0 Å². The van der Waals surface area contributed by atoms with E-state index in [0.29, 0.717) is 18.0 Å². The normalized spacial score (nSPS) is 14.3. The fourth-order valence-corrected chi connectivity index (χ4v) is 4.34. The van der Waals surface area contributed by atoms with Gasteiger partial charge in [0.05, 0.1) is 23.8 Å². The second kappa shape index (κ2) is 11.3. The van der Waals surface area contributed by atoms with Gasteiger partial charge in [-0.05, 0) is 62.3 Å². The van der Waals surface area contributed by atoms with Crippen LogP contribution in [0.3, 0.4) is 0 Å². The molecule has 11 heteroatoms. The fraction of sp³-hybridized carbons (Fsp3) is 0.333. The zero-order valence-corrected chi connectivity index (χ0v) is 20.3. The summed E-state index contributed by atoms with van der Waals surface area (Å²) in [5.41, 5.74) is 1.34. The molecule has 3 N–H and O–H groups in total. The van der Waals surface area contributed by atoms with Crippen LogP contribution in [0, 0.1) is 5.82 Å². The largest absolute Gasteiger partial charge is 0.492 e. The highest BCUT2D eigenvalue weighted by atomic mass is 32.2. The molecule has 0 spiro atoms. The van der Waals surface area contributed by atoms with Crippen LogP contribution in [-0.4, -0.2) is 55.8 Å². The molecule has 9 nitrogen and oxygen atoms in total. The van der Waals surface area contributed by atoms with Crippen LogP contribution in [-0.2, 0) is 10.0 Å². The Morgan fingerprint density at radius 1 is 1.00 bits per heavy atom. The maximum atomic E-state index is 14.4. The Hall–Kier alpha value is -3.44. The number of aromatic nitrogens is 2. The molecule has 186 valence electrons. The number of nitrogens with one attached hydrogen (secondary N) is 3. The Balaban J connectivity index is 1.37. The summed E-state index contributed by atoms with van der Waals surface area (Å²) in [6, 6.07) is 13.9. The number of benzene rings is 2. The topological polar surface area (TPSA) is 108 Å². The third-order valence-electron chi connectivity index (χ3n) is 5.45. The molecule has 1 saturated heterocycles. The number of rotatable bonds is 10. The van der Waals surface area contributed by atoms with Crippen molar-refractivity contribution < 1.29 is 17.5 Å². The molecule has 1 aliphatic rings. The molecule has 0 atom stereocenters. The minimum Gasteiger partial charge on any atom is -0.492 e. The van der Waals surface area contributed by atoms with Gasteiger partial charge >= 0.3 is 0 Å². The molecule has 4 rings (SSSR count). The number of hydrogen-bond donors (Lipinski definition) is 3. The molecule has 0 radical (unpaired) electrons. The van der Waals surface area contributed by atoms with Gasteiger partial charge in [0, 0.05) is 12.2 Å². The summed E-state index contributed by atoms with van der Waals surface area (Å²) in [6.07, 6.45) is 5.92. The lowest BCUT2D eigenvalue weighted by Crippen LogP contribution is -2.33. The second-order valence-electron chi connectivity index (χ2n) is 8.34. The van der Waals surface area contributed by atoms with E-state index in [-0.39, 0.29) is 17.5 Å². The third-order valence-corrected chi connectivity index (χ3v) is 6.05. The fourth-order valence-electron chi connectivity index (χ4n) is 3.76. The zero-order valence-electron chi connectivity index (χ0n) is 19.5. The van der Waals surface area contributed by atoms with Gasteiger partial charge in [-0.1, -0.05) is 18.6 Å². The SMILES string of the molecule is CS(=O)(=O)Nc1ccccc1Nc1nc(Nc2ccc(OCCN3CCCCC3)cc2)ncc1F. The van der Waals surface area contributed by atoms with Gasteiger partial charge in [-0.2, -0.15) is 4.98 Å². The molecular weight excluding hydrogens is 471 g/mol. The van der Waals surface area contributed by atoms with Crippen molar-refractivity contribution in [1.82, 2.24) is 14.9 Å². The lowest BCUT2D eigenvalue weighted by atomic mass is 10.1. The maximum Gasteiger partial charge on any atom is 0.229 e.